The molecule has 4 nitrogen and oxygen atoms in total. The van der Waals surface area contributed by atoms with Crippen molar-refractivity contribution in [1.29, 1.82) is 0 Å². The molecule has 0 aliphatic heterocycles. The topological polar surface area (TPSA) is 63.3 Å². The highest BCUT2D eigenvalue weighted by Gasteiger charge is 2.13. The van der Waals surface area contributed by atoms with E-state index in [-0.39, 0.29) is 0 Å². The molecule has 2 aromatic rings. The number of guanidine groups is 1. The smallest absolute Gasteiger partial charge is 0.188 e. The number of nitrogens with two attached hydrogens (primary N) is 1. The van der Waals surface area contributed by atoms with Crippen molar-refractivity contribution in [2.45, 2.75) is 44.6 Å². The van der Waals surface area contributed by atoms with Crippen LogP contribution in [0.2, 0.25) is 0 Å². The molecule has 0 spiro atoms. The Balaban J connectivity index is 1.53. The first-order valence-electron chi connectivity index (χ1n) is 8.22. The summed E-state index contributed by atoms with van der Waals surface area (Å²) < 4.78 is 0. The molecule has 1 aliphatic carbocycles. The lowest BCUT2D eigenvalue weighted by atomic mass is 9.96. The van der Waals surface area contributed by atoms with Crippen molar-refractivity contribution in [2.24, 2.45) is 10.7 Å². The predicted octanol–water partition coefficient (Wildman–Crippen LogP) is 3.01. The van der Waals surface area contributed by atoms with Gasteiger partial charge in [-0.2, -0.15) is 0 Å². The zero-order valence-corrected chi connectivity index (χ0v) is 13.0. The van der Waals surface area contributed by atoms with Crippen molar-refractivity contribution >= 4 is 16.9 Å². The lowest BCUT2D eigenvalue weighted by Crippen LogP contribution is -2.41. The minimum Gasteiger partial charge on any atom is -0.370 e. The Bertz CT molecular complexity index is 644. The zero-order valence-electron chi connectivity index (χ0n) is 13.0. The lowest BCUT2D eigenvalue weighted by molar-refractivity contribution is 0.412. The molecule has 3 rings (SSSR count). The van der Waals surface area contributed by atoms with Gasteiger partial charge in [0.15, 0.2) is 5.96 Å². The molecule has 0 unspecified atom stereocenters. The third-order valence-corrected chi connectivity index (χ3v) is 4.26. The van der Waals surface area contributed by atoms with Crippen LogP contribution in [0.3, 0.4) is 0 Å². The minimum atomic E-state index is 0.510. The van der Waals surface area contributed by atoms with Crippen LogP contribution in [-0.4, -0.2) is 23.5 Å². The molecule has 1 aromatic carbocycles. The second kappa shape index (κ2) is 7.25. The van der Waals surface area contributed by atoms with Gasteiger partial charge in [-0.25, -0.2) is 0 Å². The van der Waals surface area contributed by atoms with Gasteiger partial charge in [0.2, 0.25) is 0 Å². The van der Waals surface area contributed by atoms with Crippen molar-refractivity contribution in [3.05, 3.63) is 42.1 Å². The fourth-order valence-corrected chi connectivity index (χ4v) is 3.04. The van der Waals surface area contributed by atoms with Crippen LogP contribution in [0.5, 0.6) is 0 Å². The van der Waals surface area contributed by atoms with Crippen molar-refractivity contribution in [3.63, 3.8) is 0 Å². The van der Waals surface area contributed by atoms with Crippen LogP contribution < -0.4 is 11.1 Å². The zero-order chi connectivity index (χ0) is 15.2. The van der Waals surface area contributed by atoms with Gasteiger partial charge >= 0.3 is 0 Å². The van der Waals surface area contributed by atoms with Gasteiger partial charge in [-0.1, -0.05) is 43.5 Å². The van der Waals surface area contributed by atoms with Crippen molar-refractivity contribution in [3.8, 4) is 0 Å². The van der Waals surface area contributed by atoms with E-state index in [2.05, 4.69) is 33.5 Å². The molecule has 1 fully saturated rings. The van der Waals surface area contributed by atoms with Gasteiger partial charge in [0.05, 0.1) is 5.52 Å². The van der Waals surface area contributed by atoms with Crippen LogP contribution in [0.1, 0.15) is 37.8 Å². The second-order valence-corrected chi connectivity index (χ2v) is 5.99. The van der Waals surface area contributed by atoms with Crippen molar-refractivity contribution in [2.75, 3.05) is 6.54 Å². The van der Waals surface area contributed by atoms with E-state index in [9.17, 15) is 0 Å². The van der Waals surface area contributed by atoms with E-state index in [0.717, 1.165) is 17.6 Å². The molecule has 0 bridgehead atoms. The number of rotatable bonds is 4. The molecule has 22 heavy (non-hydrogen) atoms. The molecule has 0 radical (unpaired) electrons. The Morgan fingerprint density at radius 1 is 1.14 bits per heavy atom. The standard InChI is InChI=1S/C18H24N4/c19-18(22-15-7-2-1-3-8-15)20-13-12-16-11-10-14-6-4-5-9-17(14)21-16/h4-6,9-11,15H,1-3,7-8,12-13H2,(H3,19,20,22). The van der Waals surface area contributed by atoms with E-state index in [1.807, 2.05) is 18.2 Å². The number of pyridine rings is 1. The summed E-state index contributed by atoms with van der Waals surface area (Å²) in [6.45, 7) is 0.677. The number of nitrogens with one attached hydrogen (secondary N) is 1. The maximum atomic E-state index is 5.98. The first-order chi connectivity index (χ1) is 10.8. The average Bonchev–Trinajstić information content (AvgIpc) is 2.55. The maximum Gasteiger partial charge on any atom is 0.188 e. The van der Waals surface area contributed by atoms with Gasteiger partial charge in [0.25, 0.3) is 0 Å². The molecular weight excluding hydrogens is 272 g/mol. The van der Waals surface area contributed by atoms with Gasteiger partial charge in [0.1, 0.15) is 0 Å². The van der Waals surface area contributed by atoms with E-state index in [0.29, 0.717) is 18.5 Å². The molecule has 1 heterocycles. The van der Waals surface area contributed by atoms with Crippen LogP contribution >= 0.6 is 0 Å². The van der Waals surface area contributed by atoms with E-state index < -0.39 is 0 Å². The molecule has 0 amide bonds. The quantitative estimate of drug-likeness (QED) is 0.673. The lowest BCUT2D eigenvalue weighted by Gasteiger charge is -2.23. The van der Waals surface area contributed by atoms with Gasteiger partial charge in [-0.3, -0.25) is 9.98 Å². The maximum absolute atomic E-state index is 5.98. The summed E-state index contributed by atoms with van der Waals surface area (Å²) in [5.74, 6) is 0.577. The molecule has 3 N–H and O–H groups in total. The number of benzene rings is 1. The molecule has 0 saturated heterocycles. The van der Waals surface area contributed by atoms with Crippen LogP contribution in [0.25, 0.3) is 10.9 Å². The van der Waals surface area contributed by atoms with Gasteiger partial charge in [-0.15, -0.1) is 0 Å². The Labute approximate surface area is 131 Å². The number of para-hydroxylation sites is 1. The number of nitrogens with zero attached hydrogens (tertiary/aromatic N) is 2. The summed E-state index contributed by atoms with van der Waals surface area (Å²) in [5.41, 5.74) is 8.08. The van der Waals surface area contributed by atoms with E-state index in [1.54, 1.807) is 0 Å². The normalized spacial score (nSPS) is 16.8. The average molecular weight is 296 g/mol. The SMILES string of the molecule is NC(=NCCc1ccc2ccccc2n1)NC1CCCCC1. The first-order valence-corrected chi connectivity index (χ1v) is 8.22. The van der Waals surface area contributed by atoms with Crippen LogP contribution in [0.15, 0.2) is 41.4 Å². The van der Waals surface area contributed by atoms with Gasteiger partial charge in [0, 0.05) is 30.1 Å². The number of aliphatic imine (C=N–C) groups is 1. The largest absolute Gasteiger partial charge is 0.370 e. The second-order valence-electron chi connectivity index (χ2n) is 5.99. The Kier molecular flexibility index (Phi) is 4.88. The van der Waals surface area contributed by atoms with Crippen LogP contribution in [-0.2, 0) is 6.42 Å². The number of hydrogen-bond donors (Lipinski definition) is 2. The molecular formula is C18H24N4. The summed E-state index contributed by atoms with van der Waals surface area (Å²) in [6, 6.07) is 12.9. The number of aromatic nitrogens is 1. The molecule has 116 valence electrons. The molecule has 1 aliphatic rings. The molecule has 0 atom stereocenters. The monoisotopic (exact) mass is 296 g/mol. The predicted molar refractivity (Wildman–Crippen MR) is 91.9 cm³/mol. The van der Waals surface area contributed by atoms with Gasteiger partial charge in [-0.05, 0) is 25.0 Å². The number of fused-ring (bicyclic) bond motifs is 1. The summed E-state index contributed by atoms with van der Waals surface area (Å²) in [4.78, 5) is 9.09. The van der Waals surface area contributed by atoms with Crippen molar-refractivity contribution < 1.29 is 0 Å². The first kappa shape index (κ1) is 14.8. The van der Waals surface area contributed by atoms with Gasteiger partial charge < -0.3 is 11.1 Å². The fraction of sp³-hybridized carbons (Fsp3) is 0.444. The third-order valence-electron chi connectivity index (χ3n) is 4.26. The summed E-state index contributed by atoms with van der Waals surface area (Å²) in [7, 11) is 0. The summed E-state index contributed by atoms with van der Waals surface area (Å²) in [5, 5.41) is 4.52. The Morgan fingerprint density at radius 2 is 1.95 bits per heavy atom. The third kappa shape index (κ3) is 3.97. The summed E-state index contributed by atoms with van der Waals surface area (Å²) >= 11 is 0. The molecule has 1 saturated carbocycles. The van der Waals surface area contributed by atoms with E-state index in [1.165, 1.54) is 37.5 Å². The molecule has 1 aromatic heterocycles. The number of hydrogen-bond acceptors (Lipinski definition) is 2. The highest BCUT2D eigenvalue weighted by Crippen LogP contribution is 2.17. The minimum absolute atomic E-state index is 0.510. The van der Waals surface area contributed by atoms with Crippen LogP contribution in [0, 0.1) is 0 Å². The molecule has 4 heteroatoms. The highest BCUT2D eigenvalue weighted by atomic mass is 15.1. The van der Waals surface area contributed by atoms with Crippen molar-refractivity contribution in [1.82, 2.24) is 10.3 Å². The Hall–Kier alpha value is -2.10. The van der Waals surface area contributed by atoms with E-state index >= 15 is 0 Å². The fourth-order valence-electron chi connectivity index (χ4n) is 3.04. The van der Waals surface area contributed by atoms with E-state index in [4.69, 9.17) is 5.73 Å². The van der Waals surface area contributed by atoms with Crippen LogP contribution in [0.4, 0.5) is 0 Å². The highest BCUT2D eigenvalue weighted by molar-refractivity contribution is 5.79. The summed E-state index contributed by atoms with van der Waals surface area (Å²) in [6.07, 6.45) is 7.18. The Morgan fingerprint density at radius 3 is 2.82 bits per heavy atom.